The van der Waals surface area contributed by atoms with E-state index in [0.717, 1.165) is 55.9 Å². The Morgan fingerprint density at radius 1 is 0.913 bits per heavy atom. The third-order valence-electron chi connectivity index (χ3n) is 9.83. The minimum absolute atomic E-state index is 0.278. The molecule has 1 N–H and O–H groups in total. The van der Waals surface area contributed by atoms with E-state index in [1.807, 2.05) is 7.05 Å². The van der Waals surface area contributed by atoms with Crippen LogP contribution in [-0.4, -0.2) is 38.1 Å². The van der Waals surface area contributed by atoms with Crippen LogP contribution in [0.3, 0.4) is 0 Å². The van der Waals surface area contributed by atoms with Gasteiger partial charge in [0, 0.05) is 25.3 Å². The SMILES string of the molecule is CCC1CC1.CCCCc1ccc([C@H]2CC(c3cc4c(cc3C)OCO4)CN2CC=O)cc1.CCc1cc(C)cc(CC)c1NC. The second kappa shape index (κ2) is 17.6. The van der Waals surface area contributed by atoms with Gasteiger partial charge in [-0.3, -0.25) is 4.90 Å². The van der Waals surface area contributed by atoms with E-state index in [0.29, 0.717) is 19.3 Å². The Morgan fingerprint density at radius 3 is 2.09 bits per heavy atom. The van der Waals surface area contributed by atoms with Crippen LogP contribution in [-0.2, 0) is 24.1 Å². The Labute approximate surface area is 279 Å². The summed E-state index contributed by atoms with van der Waals surface area (Å²) in [4.78, 5) is 13.6. The largest absolute Gasteiger partial charge is 0.454 e. The van der Waals surface area contributed by atoms with Gasteiger partial charge < -0.3 is 19.6 Å². The van der Waals surface area contributed by atoms with E-state index in [4.69, 9.17) is 9.47 Å². The molecule has 2 heterocycles. The van der Waals surface area contributed by atoms with Gasteiger partial charge in [0.05, 0.1) is 6.54 Å². The molecule has 5 nitrogen and oxygen atoms in total. The number of benzene rings is 3. The first kappa shape index (κ1) is 35.5. The topological polar surface area (TPSA) is 50.8 Å². The Kier molecular flexibility index (Phi) is 13.6. The average molecular weight is 627 g/mol. The summed E-state index contributed by atoms with van der Waals surface area (Å²) < 4.78 is 11.1. The fourth-order valence-corrected chi connectivity index (χ4v) is 6.91. The van der Waals surface area contributed by atoms with Gasteiger partial charge in [0.2, 0.25) is 6.79 Å². The van der Waals surface area contributed by atoms with Gasteiger partial charge in [-0.25, -0.2) is 0 Å². The molecule has 46 heavy (non-hydrogen) atoms. The van der Waals surface area contributed by atoms with Crippen molar-refractivity contribution in [2.45, 2.75) is 111 Å². The smallest absolute Gasteiger partial charge is 0.231 e. The molecular formula is C41H58N2O3. The average Bonchev–Trinajstić information content (AvgIpc) is 3.67. The first-order chi connectivity index (χ1) is 22.3. The van der Waals surface area contributed by atoms with Crippen LogP contribution in [0, 0.1) is 19.8 Å². The zero-order chi connectivity index (χ0) is 33.1. The third-order valence-corrected chi connectivity index (χ3v) is 9.83. The van der Waals surface area contributed by atoms with E-state index in [1.165, 1.54) is 76.7 Å². The fraction of sp³-hybridized carbons (Fsp3) is 0.537. The van der Waals surface area contributed by atoms with Crippen molar-refractivity contribution in [1.29, 1.82) is 0 Å². The van der Waals surface area contributed by atoms with Gasteiger partial charge in [0.15, 0.2) is 11.5 Å². The number of nitrogens with zero attached hydrogens (tertiary/aromatic N) is 1. The van der Waals surface area contributed by atoms with Crippen LogP contribution in [0.4, 0.5) is 5.69 Å². The highest BCUT2D eigenvalue weighted by Gasteiger charge is 2.35. The number of anilines is 1. The van der Waals surface area contributed by atoms with Gasteiger partial charge >= 0.3 is 0 Å². The summed E-state index contributed by atoms with van der Waals surface area (Å²) >= 11 is 0. The van der Waals surface area contributed by atoms with Gasteiger partial charge in [-0.1, -0.05) is 95.3 Å². The quantitative estimate of drug-likeness (QED) is 0.215. The van der Waals surface area contributed by atoms with E-state index < -0.39 is 0 Å². The maximum absolute atomic E-state index is 11.3. The summed E-state index contributed by atoms with van der Waals surface area (Å²) in [7, 11) is 2.00. The fourth-order valence-electron chi connectivity index (χ4n) is 6.91. The number of ether oxygens (including phenoxy) is 2. The standard InChI is InChI=1S/C24H29NO3.C12H19N.C5H10/c1-3-4-5-18-6-8-19(9-7-18)22-13-20(15-25(22)10-11-26)21-14-24-23(12-17(21)2)27-16-28-24;1-5-10-7-9(3)8-11(6-2)12(10)13-4;1-2-5-3-4-5/h6-9,11-12,14,20,22H,3-5,10,13,15-16H2,1-2H3;7-8,13H,5-6H2,1-4H3;5H,2-4H2,1H3/t20?,22-;;/m1../s1. The minimum atomic E-state index is 0.278. The van der Waals surface area contributed by atoms with Crippen LogP contribution in [0.5, 0.6) is 11.5 Å². The molecule has 3 aromatic carbocycles. The van der Waals surface area contributed by atoms with E-state index >= 15 is 0 Å². The van der Waals surface area contributed by atoms with Gasteiger partial charge in [-0.15, -0.1) is 0 Å². The number of aryl methyl sites for hydroxylation is 5. The second-order valence-corrected chi connectivity index (χ2v) is 13.2. The highest BCUT2D eigenvalue weighted by molar-refractivity contribution is 5.59. The van der Waals surface area contributed by atoms with Crippen molar-refractivity contribution in [3.8, 4) is 11.5 Å². The summed E-state index contributed by atoms with van der Waals surface area (Å²) in [5.41, 5.74) is 10.8. The molecular weight excluding hydrogens is 568 g/mol. The van der Waals surface area contributed by atoms with E-state index in [9.17, 15) is 4.79 Å². The van der Waals surface area contributed by atoms with Crippen molar-refractivity contribution in [3.05, 3.63) is 87.5 Å². The highest BCUT2D eigenvalue weighted by Crippen LogP contribution is 2.44. The number of fused-ring (bicyclic) bond motifs is 1. The second-order valence-electron chi connectivity index (χ2n) is 13.2. The van der Waals surface area contributed by atoms with Crippen LogP contribution in [0.15, 0.2) is 48.5 Å². The van der Waals surface area contributed by atoms with Crippen LogP contribution >= 0.6 is 0 Å². The normalized spacial score (nSPS) is 18.3. The van der Waals surface area contributed by atoms with Crippen LogP contribution < -0.4 is 14.8 Å². The molecule has 0 radical (unpaired) electrons. The lowest BCUT2D eigenvalue weighted by molar-refractivity contribution is -0.109. The zero-order valence-corrected chi connectivity index (χ0v) is 29.6. The van der Waals surface area contributed by atoms with E-state index in [1.54, 1.807) is 0 Å². The monoisotopic (exact) mass is 626 g/mol. The lowest BCUT2D eigenvalue weighted by Crippen LogP contribution is -2.25. The third kappa shape index (κ3) is 9.37. The lowest BCUT2D eigenvalue weighted by Gasteiger charge is -2.22. The maximum Gasteiger partial charge on any atom is 0.231 e. The van der Waals surface area contributed by atoms with Crippen molar-refractivity contribution in [2.24, 2.45) is 5.92 Å². The molecule has 1 saturated heterocycles. The number of nitrogens with one attached hydrogen (secondary N) is 1. The van der Waals surface area contributed by atoms with E-state index in [2.05, 4.69) is 100 Å². The Hall–Kier alpha value is -3.31. The number of rotatable bonds is 11. The molecule has 250 valence electrons. The predicted molar refractivity (Wildman–Crippen MR) is 193 cm³/mol. The number of hydrogen-bond acceptors (Lipinski definition) is 5. The lowest BCUT2D eigenvalue weighted by atomic mass is 9.90. The molecule has 0 spiro atoms. The van der Waals surface area contributed by atoms with Gasteiger partial charge in [0.1, 0.15) is 6.29 Å². The molecule has 2 aliphatic heterocycles. The molecule has 5 heteroatoms. The van der Waals surface area contributed by atoms with Gasteiger partial charge in [-0.05, 0) is 103 Å². The number of unbranched alkanes of at least 4 members (excludes halogenated alkanes) is 1. The molecule has 1 saturated carbocycles. The summed E-state index contributed by atoms with van der Waals surface area (Å²) in [6.45, 7) is 14.9. The molecule has 0 amide bonds. The number of aldehydes is 1. The van der Waals surface area contributed by atoms with Crippen molar-refractivity contribution in [1.82, 2.24) is 4.90 Å². The number of carbonyl (C=O) groups is 1. The molecule has 3 aliphatic rings. The minimum Gasteiger partial charge on any atom is -0.454 e. The Bertz CT molecular complexity index is 1370. The predicted octanol–water partition coefficient (Wildman–Crippen LogP) is 9.76. The van der Waals surface area contributed by atoms with Crippen molar-refractivity contribution in [2.75, 3.05) is 32.2 Å². The number of carbonyl (C=O) groups excluding carboxylic acids is 1. The maximum atomic E-state index is 11.3. The van der Waals surface area contributed by atoms with E-state index in [-0.39, 0.29) is 6.04 Å². The van der Waals surface area contributed by atoms with Crippen molar-refractivity contribution in [3.63, 3.8) is 0 Å². The number of likely N-dealkylation sites (tertiary alicyclic amines) is 1. The Morgan fingerprint density at radius 2 is 1.57 bits per heavy atom. The molecule has 2 fully saturated rings. The summed E-state index contributed by atoms with van der Waals surface area (Å²) in [6, 6.07) is 18.0. The van der Waals surface area contributed by atoms with Crippen LogP contribution in [0.2, 0.25) is 0 Å². The zero-order valence-electron chi connectivity index (χ0n) is 29.6. The molecule has 1 unspecified atom stereocenters. The van der Waals surface area contributed by atoms with Gasteiger partial charge in [0.25, 0.3) is 0 Å². The van der Waals surface area contributed by atoms with Crippen molar-refractivity contribution >= 4 is 12.0 Å². The molecule has 0 bridgehead atoms. The summed E-state index contributed by atoms with van der Waals surface area (Å²) in [6.07, 6.45) is 12.3. The van der Waals surface area contributed by atoms with Gasteiger partial charge in [-0.2, -0.15) is 0 Å². The first-order valence-corrected chi connectivity index (χ1v) is 17.8. The highest BCUT2D eigenvalue weighted by atomic mass is 16.7. The molecule has 1 aliphatic carbocycles. The molecule has 0 aromatic heterocycles. The van der Waals surface area contributed by atoms with Crippen LogP contribution in [0.25, 0.3) is 0 Å². The van der Waals surface area contributed by atoms with Crippen molar-refractivity contribution < 1.29 is 14.3 Å². The first-order valence-electron chi connectivity index (χ1n) is 17.8. The molecule has 6 rings (SSSR count). The number of hydrogen-bond donors (Lipinski definition) is 1. The summed E-state index contributed by atoms with van der Waals surface area (Å²) in [5, 5.41) is 3.29. The Balaban J connectivity index is 0.000000219. The molecule has 3 aromatic rings. The molecule has 2 atom stereocenters. The van der Waals surface area contributed by atoms with Crippen LogP contribution in [0.1, 0.15) is 117 Å². The summed E-state index contributed by atoms with van der Waals surface area (Å²) in [5.74, 6) is 3.20.